The van der Waals surface area contributed by atoms with Gasteiger partial charge < -0.3 is 5.73 Å². The monoisotopic (exact) mass is 412 g/mol. The molecule has 3 heterocycles. The predicted octanol–water partition coefficient (Wildman–Crippen LogP) is 3.57. The van der Waals surface area contributed by atoms with Crippen molar-refractivity contribution in [2.45, 2.75) is 13.3 Å². The second-order valence-corrected chi connectivity index (χ2v) is 6.64. The Morgan fingerprint density at radius 3 is 2.65 bits per heavy atom. The van der Waals surface area contributed by atoms with Crippen molar-refractivity contribution in [3.63, 3.8) is 0 Å². The summed E-state index contributed by atoms with van der Waals surface area (Å²) in [7, 11) is 0. The zero-order valence-corrected chi connectivity index (χ0v) is 15.4. The summed E-state index contributed by atoms with van der Waals surface area (Å²) in [5, 5.41) is 4.45. The van der Waals surface area contributed by atoms with Crippen LogP contribution in [-0.2, 0) is 6.42 Å². The molecule has 0 saturated heterocycles. The number of nitrogens with zero attached hydrogens (tertiary/aromatic N) is 5. The van der Waals surface area contributed by atoms with Crippen molar-refractivity contribution in [3.05, 3.63) is 70.0 Å². The van der Waals surface area contributed by atoms with Gasteiger partial charge in [-0.15, -0.1) is 5.10 Å². The number of hydrogen-bond donors (Lipinski definition) is 1. The molecule has 0 bridgehead atoms. The number of benzene rings is 1. The van der Waals surface area contributed by atoms with Crippen LogP contribution in [0, 0.1) is 12.7 Å². The zero-order valence-electron chi connectivity index (χ0n) is 13.8. The topological polar surface area (TPSA) is 82.0 Å². The quantitative estimate of drug-likeness (QED) is 0.556. The van der Waals surface area contributed by atoms with E-state index < -0.39 is 0 Å². The molecule has 4 rings (SSSR count). The minimum absolute atomic E-state index is 0.207. The Morgan fingerprint density at radius 2 is 1.92 bits per heavy atom. The van der Waals surface area contributed by atoms with Crippen LogP contribution in [0.2, 0.25) is 0 Å². The minimum Gasteiger partial charge on any atom is -0.368 e. The van der Waals surface area contributed by atoms with Crippen molar-refractivity contribution in [1.82, 2.24) is 24.6 Å². The molecule has 26 heavy (non-hydrogen) atoms. The molecule has 0 amide bonds. The lowest BCUT2D eigenvalue weighted by molar-refractivity contribution is 0.628. The molecule has 0 radical (unpaired) electrons. The van der Waals surface area contributed by atoms with Crippen molar-refractivity contribution in [2.24, 2.45) is 0 Å². The van der Waals surface area contributed by atoms with E-state index in [4.69, 9.17) is 5.73 Å². The van der Waals surface area contributed by atoms with E-state index in [1.807, 2.05) is 19.1 Å². The Kier molecular flexibility index (Phi) is 4.12. The van der Waals surface area contributed by atoms with E-state index in [1.165, 1.54) is 16.6 Å². The summed E-state index contributed by atoms with van der Waals surface area (Å²) in [5.41, 5.74) is 9.92. The minimum atomic E-state index is -0.311. The van der Waals surface area contributed by atoms with Gasteiger partial charge in [0.2, 0.25) is 5.95 Å². The number of anilines is 1. The van der Waals surface area contributed by atoms with Crippen LogP contribution in [0.4, 0.5) is 10.3 Å². The Hall–Kier alpha value is -2.87. The molecular formula is C18H14BrFN6. The summed E-state index contributed by atoms with van der Waals surface area (Å²) in [6.45, 7) is 2.00. The first-order valence-corrected chi connectivity index (χ1v) is 8.69. The first-order chi connectivity index (χ1) is 12.5. The van der Waals surface area contributed by atoms with Gasteiger partial charge in [-0.05, 0) is 58.7 Å². The molecular weight excluding hydrogens is 399 g/mol. The number of pyridine rings is 1. The van der Waals surface area contributed by atoms with Gasteiger partial charge in [0.15, 0.2) is 11.5 Å². The Labute approximate surface area is 157 Å². The third kappa shape index (κ3) is 2.92. The Balaban J connectivity index is 1.81. The van der Waals surface area contributed by atoms with Crippen LogP contribution in [-0.4, -0.2) is 24.6 Å². The number of halogens is 2. The number of hydrogen-bond acceptors (Lipinski definition) is 5. The van der Waals surface area contributed by atoms with Crippen molar-refractivity contribution in [3.8, 4) is 11.3 Å². The highest BCUT2D eigenvalue weighted by atomic mass is 79.9. The molecule has 8 heteroatoms. The standard InChI is InChI=1S/C18H14BrFN6/c1-10-3-2-8-22-13(10)9-14-23-17-15(19)16(24-18(21)26(17)25-14)11-4-6-12(20)7-5-11/h2-8H,9H2,1H3,(H2,21,24). The average Bonchev–Trinajstić information content (AvgIpc) is 3.06. The lowest BCUT2D eigenvalue weighted by Crippen LogP contribution is -2.04. The molecule has 130 valence electrons. The largest absolute Gasteiger partial charge is 0.368 e. The van der Waals surface area contributed by atoms with Crippen molar-refractivity contribution in [2.75, 3.05) is 5.73 Å². The van der Waals surface area contributed by atoms with E-state index in [0.29, 0.717) is 28.1 Å². The highest BCUT2D eigenvalue weighted by molar-refractivity contribution is 9.10. The summed E-state index contributed by atoms with van der Waals surface area (Å²) in [5.74, 6) is 0.491. The molecule has 0 atom stereocenters. The maximum Gasteiger partial charge on any atom is 0.223 e. The van der Waals surface area contributed by atoms with Crippen LogP contribution in [0.3, 0.4) is 0 Å². The van der Waals surface area contributed by atoms with E-state index in [9.17, 15) is 4.39 Å². The van der Waals surface area contributed by atoms with Gasteiger partial charge >= 0.3 is 0 Å². The highest BCUT2D eigenvalue weighted by Gasteiger charge is 2.17. The molecule has 0 fully saturated rings. The molecule has 2 N–H and O–H groups in total. The fraction of sp³-hybridized carbons (Fsp3) is 0.111. The lowest BCUT2D eigenvalue weighted by Gasteiger charge is -2.06. The van der Waals surface area contributed by atoms with Crippen LogP contribution >= 0.6 is 15.9 Å². The van der Waals surface area contributed by atoms with Crippen molar-refractivity contribution >= 4 is 27.5 Å². The second-order valence-electron chi connectivity index (χ2n) is 5.85. The number of fused-ring (bicyclic) bond motifs is 1. The third-order valence-corrected chi connectivity index (χ3v) is 4.79. The van der Waals surface area contributed by atoms with Crippen molar-refractivity contribution in [1.29, 1.82) is 0 Å². The van der Waals surface area contributed by atoms with Crippen LogP contribution < -0.4 is 5.73 Å². The van der Waals surface area contributed by atoms with Gasteiger partial charge in [0.1, 0.15) is 5.82 Å². The SMILES string of the molecule is Cc1cccnc1Cc1nc2c(Br)c(-c3ccc(F)cc3)nc(N)n2n1. The van der Waals surface area contributed by atoms with Gasteiger partial charge in [-0.2, -0.15) is 4.52 Å². The third-order valence-electron chi connectivity index (χ3n) is 4.06. The summed E-state index contributed by atoms with van der Waals surface area (Å²) in [6.07, 6.45) is 2.24. The second kappa shape index (κ2) is 6.45. The highest BCUT2D eigenvalue weighted by Crippen LogP contribution is 2.31. The van der Waals surface area contributed by atoms with E-state index in [0.717, 1.165) is 16.8 Å². The fourth-order valence-corrected chi connectivity index (χ4v) is 3.27. The van der Waals surface area contributed by atoms with Crippen LogP contribution in [0.15, 0.2) is 47.1 Å². The van der Waals surface area contributed by atoms with Gasteiger partial charge in [-0.3, -0.25) is 4.98 Å². The molecule has 3 aromatic heterocycles. The fourth-order valence-electron chi connectivity index (χ4n) is 2.70. The van der Waals surface area contributed by atoms with Crippen LogP contribution in [0.25, 0.3) is 16.9 Å². The molecule has 6 nitrogen and oxygen atoms in total. The maximum atomic E-state index is 13.2. The molecule has 0 saturated carbocycles. The predicted molar refractivity (Wildman–Crippen MR) is 100 cm³/mol. The molecule has 4 aromatic rings. The van der Waals surface area contributed by atoms with E-state index in [-0.39, 0.29) is 11.8 Å². The first-order valence-electron chi connectivity index (χ1n) is 7.90. The average molecular weight is 413 g/mol. The van der Waals surface area contributed by atoms with E-state index >= 15 is 0 Å². The summed E-state index contributed by atoms with van der Waals surface area (Å²) < 4.78 is 15.3. The molecule has 0 spiro atoms. The number of aromatic nitrogens is 5. The zero-order chi connectivity index (χ0) is 18.3. The van der Waals surface area contributed by atoms with Crippen LogP contribution in [0.5, 0.6) is 0 Å². The summed E-state index contributed by atoms with van der Waals surface area (Å²) in [6, 6.07) is 9.94. The molecule has 0 aliphatic rings. The van der Waals surface area contributed by atoms with Crippen LogP contribution in [0.1, 0.15) is 17.1 Å². The maximum absolute atomic E-state index is 13.2. The summed E-state index contributed by atoms with van der Waals surface area (Å²) in [4.78, 5) is 13.4. The normalized spacial score (nSPS) is 11.2. The summed E-state index contributed by atoms with van der Waals surface area (Å²) >= 11 is 3.53. The molecule has 1 aromatic carbocycles. The first kappa shape index (κ1) is 16.6. The van der Waals surface area contributed by atoms with E-state index in [1.54, 1.807) is 18.3 Å². The number of rotatable bonds is 3. The van der Waals surface area contributed by atoms with Gasteiger partial charge in [-0.1, -0.05) is 6.07 Å². The van der Waals surface area contributed by atoms with Crippen molar-refractivity contribution < 1.29 is 4.39 Å². The molecule has 0 unspecified atom stereocenters. The molecule has 0 aliphatic heterocycles. The Bertz CT molecular complexity index is 1110. The number of nitrogens with two attached hydrogens (primary N) is 1. The Morgan fingerprint density at radius 1 is 1.15 bits per heavy atom. The smallest absolute Gasteiger partial charge is 0.223 e. The van der Waals surface area contributed by atoms with Gasteiger partial charge in [0.05, 0.1) is 22.3 Å². The number of nitrogen functional groups attached to an aromatic ring is 1. The van der Waals surface area contributed by atoms with Gasteiger partial charge in [0, 0.05) is 11.8 Å². The molecule has 0 aliphatic carbocycles. The van der Waals surface area contributed by atoms with E-state index in [2.05, 4.69) is 36.0 Å². The van der Waals surface area contributed by atoms with Gasteiger partial charge in [0.25, 0.3) is 0 Å². The number of aryl methyl sites for hydroxylation is 1. The lowest BCUT2D eigenvalue weighted by atomic mass is 10.1. The van der Waals surface area contributed by atoms with Gasteiger partial charge in [-0.25, -0.2) is 14.4 Å².